The van der Waals surface area contributed by atoms with Crippen molar-refractivity contribution in [3.63, 3.8) is 0 Å². The number of rotatable bonds is 6. The number of hydrogen-bond acceptors (Lipinski definition) is 3. The molecule has 0 bridgehead atoms. The molecular formula is C11H23NS2. The van der Waals surface area contributed by atoms with Gasteiger partial charge in [-0.1, -0.05) is 20.3 Å². The monoisotopic (exact) mass is 233 g/mol. The minimum Gasteiger partial charge on any atom is -0.313 e. The molecule has 0 aromatic rings. The van der Waals surface area contributed by atoms with Crippen LogP contribution in [0.2, 0.25) is 0 Å². The van der Waals surface area contributed by atoms with Crippen molar-refractivity contribution in [3.8, 4) is 0 Å². The van der Waals surface area contributed by atoms with Crippen molar-refractivity contribution in [3.05, 3.63) is 0 Å². The van der Waals surface area contributed by atoms with E-state index in [-0.39, 0.29) is 0 Å². The van der Waals surface area contributed by atoms with Crippen LogP contribution in [0.15, 0.2) is 0 Å². The molecule has 84 valence electrons. The van der Waals surface area contributed by atoms with Crippen LogP contribution in [0.3, 0.4) is 0 Å². The third-order valence-electron chi connectivity index (χ3n) is 2.65. The summed E-state index contributed by atoms with van der Waals surface area (Å²) in [6, 6.07) is 0.757. The second-order valence-corrected chi connectivity index (χ2v) is 6.43. The molecular weight excluding hydrogens is 210 g/mol. The minimum atomic E-state index is 0.757. The molecule has 0 amide bonds. The van der Waals surface area contributed by atoms with E-state index in [1.807, 2.05) is 0 Å². The van der Waals surface area contributed by atoms with Crippen LogP contribution < -0.4 is 5.32 Å². The molecule has 14 heavy (non-hydrogen) atoms. The Morgan fingerprint density at radius 2 is 2.21 bits per heavy atom. The molecule has 1 aliphatic heterocycles. The van der Waals surface area contributed by atoms with Gasteiger partial charge in [0.1, 0.15) is 0 Å². The van der Waals surface area contributed by atoms with Gasteiger partial charge in [-0.25, -0.2) is 0 Å². The van der Waals surface area contributed by atoms with E-state index < -0.39 is 0 Å². The lowest BCUT2D eigenvalue weighted by molar-refractivity contribution is 0.467. The highest BCUT2D eigenvalue weighted by Crippen LogP contribution is 2.23. The maximum Gasteiger partial charge on any atom is 0.0263 e. The van der Waals surface area contributed by atoms with Gasteiger partial charge < -0.3 is 5.32 Å². The Morgan fingerprint density at radius 3 is 2.79 bits per heavy atom. The molecule has 1 saturated heterocycles. The average molecular weight is 233 g/mol. The van der Waals surface area contributed by atoms with Crippen LogP contribution in [0.5, 0.6) is 0 Å². The maximum absolute atomic E-state index is 3.71. The molecule has 2 atom stereocenters. The summed E-state index contributed by atoms with van der Waals surface area (Å²) in [4.78, 5) is 0. The Morgan fingerprint density at radius 1 is 1.36 bits per heavy atom. The predicted molar refractivity (Wildman–Crippen MR) is 70.6 cm³/mol. The van der Waals surface area contributed by atoms with Gasteiger partial charge in [0.15, 0.2) is 0 Å². The second-order valence-electron chi connectivity index (χ2n) is 3.87. The highest BCUT2D eigenvalue weighted by Gasteiger charge is 2.15. The van der Waals surface area contributed by atoms with Crippen molar-refractivity contribution in [2.75, 3.05) is 23.8 Å². The second kappa shape index (κ2) is 7.89. The normalized spacial score (nSPS) is 24.9. The molecule has 1 rings (SSSR count). The SMILES string of the molecule is CCCC(CC)NCC1CSCCS1. The van der Waals surface area contributed by atoms with E-state index in [0.717, 1.165) is 11.3 Å². The molecule has 0 aromatic carbocycles. The van der Waals surface area contributed by atoms with Crippen LogP contribution in [-0.4, -0.2) is 35.1 Å². The van der Waals surface area contributed by atoms with E-state index in [1.54, 1.807) is 0 Å². The van der Waals surface area contributed by atoms with Gasteiger partial charge in [0, 0.05) is 35.1 Å². The molecule has 0 aromatic heterocycles. The van der Waals surface area contributed by atoms with Crippen LogP contribution >= 0.6 is 23.5 Å². The first kappa shape index (κ1) is 12.7. The Balaban J connectivity index is 2.10. The first-order valence-electron chi connectivity index (χ1n) is 5.79. The van der Waals surface area contributed by atoms with Gasteiger partial charge in [0.05, 0.1) is 0 Å². The zero-order chi connectivity index (χ0) is 10.2. The topological polar surface area (TPSA) is 12.0 Å². The molecule has 1 nitrogen and oxygen atoms in total. The zero-order valence-electron chi connectivity index (χ0n) is 9.42. The van der Waals surface area contributed by atoms with Gasteiger partial charge >= 0.3 is 0 Å². The molecule has 1 aliphatic rings. The van der Waals surface area contributed by atoms with Crippen LogP contribution in [0.25, 0.3) is 0 Å². The number of nitrogens with one attached hydrogen (secondary N) is 1. The van der Waals surface area contributed by atoms with Gasteiger partial charge in [0.2, 0.25) is 0 Å². The molecule has 0 aliphatic carbocycles. The van der Waals surface area contributed by atoms with Gasteiger partial charge in [-0.2, -0.15) is 23.5 Å². The fourth-order valence-electron chi connectivity index (χ4n) is 1.75. The van der Waals surface area contributed by atoms with Gasteiger partial charge in [-0.3, -0.25) is 0 Å². The van der Waals surface area contributed by atoms with Gasteiger partial charge in [0.25, 0.3) is 0 Å². The van der Waals surface area contributed by atoms with Crippen LogP contribution in [0.4, 0.5) is 0 Å². The van der Waals surface area contributed by atoms with Crippen molar-refractivity contribution in [1.29, 1.82) is 0 Å². The van der Waals surface area contributed by atoms with E-state index >= 15 is 0 Å². The van der Waals surface area contributed by atoms with Gasteiger partial charge in [-0.05, 0) is 12.8 Å². The summed E-state index contributed by atoms with van der Waals surface area (Å²) in [6.07, 6.45) is 3.91. The Bertz CT molecular complexity index is 130. The highest BCUT2D eigenvalue weighted by molar-refractivity contribution is 8.06. The summed E-state index contributed by atoms with van der Waals surface area (Å²) in [7, 11) is 0. The third kappa shape index (κ3) is 4.94. The lowest BCUT2D eigenvalue weighted by Crippen LogP contribution is -2.36. The molecule has 3 heteroatoms. The van der Waals surface area contributed by atoms with Crippen molar-refractivity contribution < 1.29 is 0 Å². The van der Waals surface area contributed by atoms with E-state index in [0.29, 0.717) is 0 Å². The summed E-state index contributed by atoms with van der Waals surface area (Å²) in [5.41, 5.74) is 0. The van der Waals surface area contributed by atoms with Gasteiger partial charge in [-0.15, -0.1) is 0 Å². The minimum absolute atomic E-state index is 0.757. The first-order chi connectivity index (χ1) is 6.86. The quantitative estimate of drug-likeness (QED) is 0.757. The predicted octanol–water partition coefficient (Wildman–Crippen LogP) is 3.00. The summed E-state index contributed by atoms with van der Waals surface area (Å²) < 4.78 is 0. The standard InChI is InChI=1S/C11H23NS2/c1-3-5-10(4-2)12-8-11-9-13-6-7-14-11/h10-12H,3-9H2,1-2H3. The Hall–Kier alpha value is 0.660. The van der Waals surface area contributed by atoms with Crippen LogP contribution in [0, 0.1) is 0 Å². The lowest BCUT2D eigenvalue weighted by Gasteiger charge is -2.24. The van der Waals surface area contributed by atoms with E-state index in [4.69, 9.17) is 0 Å². The summed E-state index contributed by atoms with van der Waals surface area (Å²) in [6.45, 7) is 5.78. The molecule has 2 unspecified atom stereocenters. The van der Waals surface area contributed by atoms with E-state index in [9.17, 15) is 0 Å². The molecule has 1 fully saturated rings. The fourth-order valence-corrected chi connectivity index (χ4v) is 4.38. The molecule has 0 saturated carbocycles. The first-order valence-corrected chi connectivity index (χ1v) is 7.99. The summed E-state index contributed by atoms with van der Waals surface area (Å²) >= 11 is 4.27. The molecule has 0 spiro atoms. The zero-order valence-corrected chi connectivity index (χ0v) is 11.1. The highest BCUT2D eigenvalue weighted by atomic mass is 32.2. The third-order valence-corrected chi connectivity index (χ3v) is 5.49. The lowest BCUT2D eigenvalue weighted by atomic mass is 10.1. The summed E-state index contributed by atoms with van der Waals surface area (Å²) in [5.74, 6) is 4.05. The van der Waals surface area contributed by atoms with Crippen molar-refractivity contribution in [2.45, 2.75) is 44.4 Å². The Labute approximate surface area is 97.2 Å². The maximum atomic E-state index is 3.71. The Kier molecular flexibility index (Phi) is 7.17. The fraction of sp³-hybridized carbons (Fsp3) is 1.00. The smallest absolute Gasteiger partial charge is 0.0263 e. The van der Waals surface area contributed by atoms with Crippen LogP contribution in [0.1, 0.15) is 33.1 Å². The van der Waals surface area contributed by atoms with Crippen LogP contribution in [-0.2, 0) is 0 Å². The van der Waals surface area contributed by atoms with E-state index in [1.165, 1.54) is 43.1 Å². The van der Waals surface area contributed by atoms with Crippen molar-refractivity contribution >= 4 is 23.5 Å². The van der Waals surface area contributed by atoms with Crippen molar-refractivity contribution in [2.24, 2.45) is 0 Å². The van der Waals surface area contributed by atoms with E-state index in [2.05, 4.69) is 42.7 Å². The summed E-state index contributed by atoms with van der Waals surface area (Å²) in [5, 5.41) is 4.57. The molecule has 1 heterocycles. The average Bonchev–Trinajstić information content (AvgIpc) is 2.25. The largest absolute Gasteiger partial charge is 0.313 e. The molecule has 0 radical (unpaired) electrons. The number of thioether (sulfide) groups is 2. The van der Waals surface area contributed by atoms with Crippen molar-refractivity contribution in [1.82, 2.24) is 5.32 Å². The molecule has 1 N–H and O–H groups in total. The number of hydrogen-bond donors (Lipinski definition) is 1.